The quantitative estimate of drug-likeness (QED) is 0.0508. The Labute approximate surface area is 412 Å². The van der Waals surface area contributed by atoms with Crippen LogP contribution in [-0.4, -0.2) is 33.0 Å². The first-order valence-corrected chi connectivity index (χ1v) is 23.8. The van der Waals surface area contributed by atoms with Gasteiger partial charge in [-0.15, -0.1) is 6.58 Å². The van der Waals surface area contributed by atoms with Crippen LogP contribution in [0, 0.1) is 52.7 Å². The second-order valence-corrected chi connectivity index (χ2v) is 18.8. The van der Waals surface area contributed by atoms with Crippen LogP contribution < -0.4 is 16.0 Å². The Bertz CT molecular complexity index is 3070. The van der Waals surface area contributed by atoms with E-state index in [0.717, 1.165) is 56.7 Å². The lowest BCUT2D eigenvalue weighted by atomic mass is 9.64. The molecule has 0 spiro atoms. The zero-order valence-electron chi connectivity index (χ0n) is 39.7. The van der Waals surface area contributed by atoms with E-state index in [1.807, 2.05) is 13.8 Å². The SMILES string of the molecule is C=CC(C)C1(c2ccc(O)cc2)C(=O)Nc2c1ccc(F)c2F.CCC(C)C1(c2ccc(O)cc2)C(=O)Nc2c1ccc(F)c2F.O=C1Nc2c(ccc(F)c2F)C1(c1ccc(O)cc1)C1CCCCCC1. The van der Waals surface area contributed by atoms with Gasteiger partial charge in [-0.3, -0.25) is 14.4 Å². The van der Waals surface area contributed by atoms with Gasteiger partial charge in [0.2, 0.25) is 17.7 Å². The fourth-order valence-corrected chi connectivity index (χ4v) is 11.4. The van der Waals surface area contributed by atoms with Gasteiger partial charge in [0, 0.05) is 0 Å². The van der Waals surface area contributed by atoms with E-state index in [1.165, 1.54) is 42.5 Å². The molecule has 72 heavy (non-hydrogen) atoms. The van der Waals surface area contributed by atoms with Crippen molar-refractivity contribution in [3.05, 3.63) is 190 Å². The molecule has 4 aliphatic rings. The van der Waals surface area contributed by atoms with Gasteiger partial charge in [-0.05, 0) is 119 Å². The van der Waals surface area contributed by atoms with Crippen molar-refractivity contribution in [2.75, 3.05) is 16.0 Å². The fraction of sp³-hybridized carbons (Fsp3) is 0.281. The number of halogens is 6. The molecule has 1 fully saturated rings. The number of amides is 3. The van der Waals surface area contributed by atoms with Crippen LogP contribution in [0.4, 0.5) is 43.4 Å². The van der Waals surface area contributed by atoms with Gasteiger partial charge < -0.3 is 31.3 Å². The van der Waals surface area contributed by atoms with Crippen LogP contribution >= 0.6 is 0 Å². The molecule has 3 heterocycles. The molecule has 3 amide bonds. The Hall–Kier alpha value is -7.55. The van der Waals surface area contributed by atoms with Crippen molar-refractivity contribution in [3.63, 3.8) is 0 Å². The fourth-order valence-electron chi connectivity index (χ4n) is 11.4. The number of phenols is 3. The topological polar surface area (TPSA) is 148 Å². The van der Waals surface area contributed by atoms with Gasteiger partial charge in [0.25, 0.3) is 0 Å². The maximum atomic E-state index is 14.4. The average molecular weight is 990 g/mol. The van der Waals surface area contributed by atoms with E-state index < -0.39 is 57.1 Å². The molecule has 15 heteroatoms. The molecule has 374 valence electrons. The highest BCUT2D eigenvalue weighted by atomic mass is 19.2. The van der Waals surface area contributed by atoms with Crippen LogP contribution in [0.3, 0.4) is 0 Å². The van der Waals surface area contributed by atoms with Crippen molar-refractivity contribution < 1.29 is 56.0 Å². The van der Waals surface area contributed by atoms with Crippen LogP contribution in [0.2, 0.25) is 0 Å². The van der Waals surface area contributed by atoms with E-state index in [2.05, 4.69) is 22.5 Å². The molecule has 10 rings (SSSR count). The molecular weight excluding hydrogens is 937 g/mol. The maximum absolute atomic E-state index is 14.4. The normalized spacial score (nSPS) is 21.8. The first-order chi connectivity index (χ1) is 34.4. The van der Waals surface area contributed by atoms with Gasteiger partial charge in [0.15, 0.2) is 34.9 Å². The predicted octanol–water partition coefficient (Wildman–Crippen LogP) is 12.6. The lowest BCUT2D eigenvalue weighted by molar-refractivity contribution is -0.122. The molecule has 0 bridgehead atoms. The third kappa shape index (κ3) is 8.12. The second kappa shape index (κ2) is 19.9. The number of carbonyl (C=O) groups excluding carboxylic acids is 3. The van der Waals surface area contributed by atoms with Crippen LogP contribution in [0.5, 0.6) is 17.2 Å². The highest BCUT2D eigenvalue weighted by Crippen LogP contribution is 2.54. The summed E-state index contributed by atoms with van der Waals surface area (Å²) in [6.45, 7) is 9.38. The van der Waals surface area contributed by atoms with E-state index >= 15 is 0 Å². The monoisotopic (exact) mass is 989 g/mol. The summed E-state index contributed by atoms with van der Waals surface area (Å²) in [5.74, 6) is -7.51. The van der Waals surface area contributed by atoms with E-state index in [4.69, 9.17) is 0 Å². The molecule has 0 radical (unpaired) electrons. The van der Waals surface area contributed by atoms with Crippen molar-refractivity contribution in [1.82, 2.24) is 0 Å². The van der Waals surface area contributed by atoms with Crippen LogP contribution in [0.25, 0.3) is 0 Å². The summed E-state index contributed by atoms with van der Waals surface area (Å²) in [6, 6.07) is 26.5. The Morgan fingerprint density at radius 3 is 1.32 bits per heavy atom. The predicted molar refractivity (Wildman–Crippen MR) is 262 cm³/mol. The van der Waals surface area contributed by atoms with Crippen LogP contribution in [0.15, 0.2) is 122 Å². The smallest absolute Gasteiger partial charge is 0.240 e. The molecule has 0 saturated heterocycles. The van der Waals surface area contributed by atoms with Gasteiger partial charge in [0.05, 0.1) is 17.1 Å². The third-order valence-corrected chi connectivity index (χ3v) is 15.2. The second-order valence-electron chi connectivity index (χ2n) is 18.8. The Kier molecular flexibility index (Phi) is 14.1. The molecule has 0 aromatic heterocycles. The number of allylic oxidation sites excluding steroid dienone is 1. The minimum atomic E-state index is -1.22. The van der Waals surface area contributed by atoms with Gasteiger partial charge in [-0.25, -0.2) is 26.3 Å². The highest BCUT2D eigenvalue weighted by molar-refractivity contribution is 6.11. The number of anilines is 3. The zero-order chi connectivity index (χ0) is 51.9. The number of fused-ring (bicyclic) bond motifs is 3. The molecule has 9 nitrogen and oxygen atoms in total. The number of aromatic hydroxyl groups is 3. The summed E-state index contributed by atoms with van der Waals surface area (Å²) in [7, 11) is 0. The number of rotatable bonds is 8. The minimum Gasteiger partial charge on any atom is -0.508 e. The largest absolute Gasteiger partial charge is 0.508 e. The summed E-state index contributed by atoms with van der Waals surface area (Å²) in [4.78, 5) is 38.9. The molecule has 6 aromatic carbocycles. The molecule has 1 aliphatic carbocycles. The van der Waals surface area contributed by atoms with E-state index in [1.54, 1.807) is 61.5 Å². The molecule has 5 unspecified atom stereocenters. The number of phenolic OH excluding ortho intramolecular Hbond substituents is 3. The summed E-state index contributed by atoms with van der Waals surface area (Å²) in [5.41, 5.74) is -0.443. The Balaban J connectivity index is 0.000000145. The summed E-state index contributed by atoms with van der Waals surface area (Å²) < 4.78 is 83.5. The number of benzene rings is 6. The van der Waals surface area contributed by atoms with Gasteiger partial charge in [-0.2, -0.15) is 0 Å². The summed E-state index contributed by atoms with van der Waals surface area (Å²) in [6.07, 6.45) is 8.24. The van der Waals surface area contributed by atoms with Crippen LogP contribution in [-0.2, 0) is 30.6 Å². The molecule has 5 atom stereocenters. The molecule has 6 aromatic rings. The zero-order valence-corrected chi connectivity index (χ0v) is 39.7. The molecular formula is C57H53F6N3O6. The number of hydrogen-bond acceptors (Lipinski definition) is 6. The first-order valence-electron chi connectivity index (χ1n) is 23.8. The standard InChI is InChI=1S/C21H21F2NO2.C18H17F2NO2.C18H15F2NO2/c22-17-12-11-16-19(18(17)23)24-20(26)21(16,13-5-3-1-2-4-6-13)14-7-9-15(25)10-8-14;2*1-3-10(2)18(11-4-6-12(22)7-5-11)13-8-9-14(19)15(20)16(13)21-17(18)23/h7-13,25H,1-6H2,(H,24,26);4-10,22H,3H2,1-2H3,(H,21,23);3-10,22H,1H2,2H3,(H,21,23). The number of hydrogen-bond donors (Lipinski definition) is 6. The lowest BCUT2D eigenvalue weighted by Crippen LogP contribution is -2.43. The Morgan fingerprint density at radius 1 is 0.528 bits per heavy atom. The van der Waals surface area contributed by atoms with Crippen LogP contribution in [0.1, 0.15) is 99.1 Å². The van der Waals surface area contributed by atoms with Gasteiger partial charge >= 0.3 is 0 Å². The minimum absolute atomic E-state index is 0.000606. The van der Waals surface area contributed by atoms with Crippen molar-refractivity contribution in [2.24, 2.45) is 17.8 Å². The average Bonchev–Trinajstić information content (AvgIpc) is 3.86. The van der Waals surface area contributed by atoms with Gasteiger partial charge in [0.1, 0.15) is 33.5 Å². The van der Waals surface area contributed by atoms with E-state index in [-0.39, 0.29) is 63.9 Å². The third-order valence-electron chi connectivity index (χ3n) is 15.2. The van der Waals surface area contributed by atoms with Crippen molar-refractivity contribution in [2.45, 2.75) is 82.0 Å². The number of carbonyl (C=O) groups is 3. The first kappa shape index (κ1) is 50.8. The summed E-state index contributed by atoms with van der Waals surface area (Å²) >= 11 is 0. The van der Waals surface area contributed by atoms with E-state index in [9.17, 15) is 56.0 Å². The van der Waals surface area contributed by atoms with Crippen molar-refractivity contribution >= 4 is 34.8 Å². The van der Waals surface area contributed by atoms with E-state index in [0.29, 0.717) is 39.8 Å². The maximum Gasteiger partial charge on any atom is 0.240 e. The number of nitrogens with one attached hydrogen (secondary N) is 3. The lowest BCUT2D eigenvalue weighted by Gasteiger charge is -2.36. The van der Waals surface area contributed by atoms with Crippen molar-refractivity contribution in [3.8, 4) is 17.2 Å². The highest BCUT2D eigenvalue weighted by Gasteiger charge is 2.56. The Morgan fingerprint density at radius 2 is 0.889 bits per heavy atom. The molecule has 3 aliphatic heterocycles. The van der Waals surface area contributed by atoms with Crippen molar-refractivity contribution in [1.29, 1.82) is 0 Å². The molecule has 6 N–H and O–H groups in total. The van der Waals surface area contributed by atoms with Gasteiger partial charge in [-0.1, -0.05) is 114 Å². The molecule has 1 saturated carbocycles. The summed E-state index contributed by atoms with van der Waals surface area (Å²) in [5, 5.41) is 36.3.